The second-order valence-corrected chi connectivity index (χ2v) is 3.59. The molecule has 0 aliphatic rings. The normalized spacial score (nSPS) is 10.1. The van der Waals surface area contributed by atoms with Crippen molar-refractivity contribution < 1.29 is 14.6 Å². The minimum absolute atomic E-state index is 0.122. The maximum absolute atomic E-state index is 11.5. The third-order valence-corrected chi connectivity index (χ3v) is 2.27. The zero-order chi connectivity index (χ0) is 12.0. The molecule has 1 aromatic rings. The van der Waals surface area contributed by atoms with E-state index in [0.717, 1.165) is 19.3 Å². The Morgan fingerprint density at radius 3 is 2.88 bits per heavy atom. The second kappa shape index (κ2) is 6.00. The van der Waals surface area contributed by atoms with Gasteiger partial charge in [-0.25, -0.2) is 4.79 Å². The lowest BCUT2D eigenvalue weighted by molar-refractivity contribution is 0.0495. The Morgan fingerprint density at radius 1 is 1.44 bits per heavy atom. The van der Waals surface area contributed by atoms with Crippen LogP contribution >= 0.6 is 0 Å². The molecule has 3 N–H and O–H groups in total. The lowest BCUT2D eigenvalue weighted by Crippen LogP contribution is -2.07. The molecule has 4 nitrogen and oxygen atoms in total. The maximum Gasteiger partial charge on any atom is 0.341 e. The Labute approximate surface area is 95.0 Å². The van der Waals surface area contributed by atoms with E-state index >= 15 is 0 Å². The lowest BCUT2D eigenvalue weighted by atomic mass is 10.2. The van der Waals surface area contributed by atoms with Crippen LogP contribution in [0.1, 0.15) is 36.5 Å². The van der Waals surface area contributed by atoms with Crippen LogP contribution in [0.15, 0.2) is 18.2 Å². The molecular formula is C12H17NO3. The van der Waals surface area contributed by atoms with Gasteiger partial charge in [0.05, 0.1) is 12.3 Å². The third-order valence-electron chi connectivity index (χ3n) is 2.27. The van der Waals surface area contributed by atoms with Crippen molar-refractivity contribution in [2.45, 2.75) is 26.2 Å². The number of hydrogen-bond donors (Lipinski definition) is 2. The summed E-state index contributed by atoms with van der Waals surface area (Å²) in [6, 6.07) is 4.63. The van der Waals surface area contributed by atoms with Crippen molar-refractivity contribution in [2.75, 3.05) is 12.3 Å². The largest absolute Gasteiger partial charge is 0.505 e. The van der Waals surface area contributed by atoms with Gasteiger partial charge in [-0.15, -0.1) is 0 Å². The van der Waals surface area contributed by atoms with Gasteiger partial charge in [0, 0.05) is 0 Å². The van der Waals surface area contributed by atoms with E-state index in [2.05, 4.69) is 6.92 Å². The van der Waals surface area contributed by atoms with Crippen LogP contribution in [0, 0.1) is 0 Å². The molecule has 0 unspecified atom stereocenters. The van der Waals surface area contributed by atoms with Crippen LogP contribution in [0.2, 0.25) is 0 Å². The summed E-state index contributed by atoms with van der Waals surface area (Å²) in [5.41, 5.74) is 5.78. The number of carbonyl (C=O) groups excluding carboxylic acids is 1. The van der Waals surface area contributed by atoms with E-state index < -0.39 is 5.97 Å². The molecule has 0 aliphatic carbocycles. The molecule has 0 aliphatic heterocycles. The monoisotopic (exact) mass is 223 g/mol. The van der Waals surface area contributed by atoms with Crippen molar-refractivity contribution in [1.29, 1.82) is 0 Å². The van der Waals surface area contributed by atoms with E-state index in [4.69, 9.17) is 10.5 Å². The molecule has 0 fully saturated rings. The Morgan fingerprint density at radius 2 is 2.19 bits per heavy atom. The van der Waals surface area contributed by atoms with Crippen molar-refractivity contribution in [2.24, 2.45) is 0 Å². The summed E-state index contributed by atoms with van der Waals surface area (Å²) in [7, 11) is 0. The summed E-state index contributed by atoms with van der Waals surface area (Å²) >= 11 is 0. The van der Waals surface area contributed by atoms with Crippen molar-refractivity contribution in [3.05, 3.63) is 23.8 Å². The maximum atomic E-state index is 11.5. The number of phenolic OH excluding ortho intramolecular Hbond substituents is 1. The number of para-hydroxylation sites is 1. The Bertz CT molecular complexity index is 363. The first-order valence-corrected chi connectivity index (χ1v) is 5.41. The lowest BCUT2D eigenvalue weighted by Gasteiger charge is -2.07. The highest BCUT2D eigenvalue weighted by Crippen LogP contribution is 2.24. The van der Waals surface area contributed by atoms with Gasteiger partial charge in [-0.1, -0.05) is 25.8 Å². The van der Waals surface area contributed by atoms with Crippen LogP contribution in [0.3, 0.4) is 0 Å². The summed E-state index contributed by atoms with van der Waals surface area (Å²) in [6.45, 7) is 2.45. The fourth-order valence-electron chi connectivity index (χ4n) is 1.32. The van der Waals surface area contributed by atoms with Crippen LogP contribution < -0.4 is 5.73 Å². The van der Waals surface area contributed by atoms with Gasteiger partial charge in [-0.05, 0) is 18.6 Å². The van der Waals surface area contributed by atoms with E-state index in [1.165, 1.54) is 12.1 Å². The predicted molar refractivity (Wildman–Crippen MR) is 62.3 cm³/mol. The number of phenols is 1. The van der Waals surface area contributed by atoms with Gasteiger partial charge < -0.3 is 15.6 Å². The van der Waals surface area contributed by atoms with Gasteiger partial charge in [-0.2, -0.15) is 0 Å². The van der Waals surface area contributed by atoms with Crippen LogP contribution in [-0.4, -0.2) is 17.7 Å². The number of anilines is 1. The van der Waals surface area contributed by atoms with E-state index in [-0.39, 0.29) is 17.0 Å². The van der Waals surface area contributed by atoms with Crippen LogP contribution in [0.5, 0.6) is 5.75 Å². The number of hydrogen-bond acceptors (Lipinski definition) is 4. The SMILES string of the molecule is CCCCCOC(=O)c1cccc(N)c1O. The minimum Gasteiger partial charge on any atom is -0.505 e. The zero-order valence-corrected chi connectivity index (χ0v) is 9.40. The van der Waals surface area contributed by atoms with E-state index in [9.17, 15) is 9.90 Å². The molecule has 0 atom stereocenters. The van der Waals surface area contributed by atoms with E-state index in [0.29, 0.717) is 6.61 Å². The number of esters is 1. The number of benzene rings is 1. The number of carbonyl (C=O) groups is 1. The first kappa shape index (κ1) is 12.4. The molecular weight excluding hydrogens is 206 g/mol. The van der Waals surface area contributed by atoms with Crippen molar-refractivity contribution in [3.8, 4) is 5.75 Å². The van der Waals surface area contributed by atoms with Gasteiger partial charge in [-0.3, -0.25) is 0 Å². The second-order valence-electron chi connectivity index (χ2n) is 3.59. The molecule has 0 aromatic heterocycles. The number of rotatable bonds is 5. The molecule has 4 heteroatoms. The standard InChI is InChI=1S/C12H17NO3/c1-2-3-4-8-16-12(15)9-6-5-7-10(13)11(9)14/h5-7,14H,2-4,8,13H2,1H3. The highest BCUT2D eigenvalue weighted by molar-refractivity contribution is 5.94. The molecule has 0 radical (unpaired) electrons. The predicted octanol–water partition coefficient (Wildman–Crippen LogP) is 2.32. The Kier molecular flexibility index (Phi) is 4.64. The number of aromatic hydroxyl groups is 1. The van der Waals surface area contributed by atoms with Crippen LogP contribution in [0.25, 0.3) is 0 Å². The van der Waals surface area contributed by atoms with E-state index in [1.807, 2.05) is 0 Å². The number of nitrogen functional groups attached to an aromatic ring is 1. The average molecular weight is 223 g/mol. The molecule has 16 heavy (non-hydrogen) atoms. The highest BCUT2D eigenvalue weighted by Gasteiger charge is 2.13. The first-order chi connectivity index (χ1) is 7.66. The molecule has 0 heterocycles. The molecule has 0 spiro atoms. The molecule has 1 aromatic carbocycles. The quantitative estimate of drug-likeness (QED) is 0.348. The smallest absolute Gasteiger partial charge is 0.341 e. The fourth-order valence-corrected chi connectivity index (χ4v) is 1.32. The average Bonchev–Trinajstić information content (AvgIpc) is 2.28. The zero-order valence-electron chi connectivity index (χ0n) is 9.40. The summed E-state index contributed by atoms with van der Waals surface area (Å²) in [6.07, 6.45) is 2.93. The van der Waals surface area contributed by atoms with Crippen LogP contribution in [0.4, 0.5) is 5.69 Å². The molecule has 88 valence electrons. The van der Waals surface area contributed by atoms with Gasteiger partial charge in [0.1, 0.15) is 5.56 Å². The fraction of sp³-hybridized carbons (Fsp3) is 0.417. The summed E-state index contributed by atoms with van der Waals surface area (Å²) in [4.78, 5) is 11.5. The van der Waals surface area contributed by atoms with Crippen LogP contribution in [-0.2, 0) is 4.74 Å². The van der Waals surface area contributed by atoms with Crippen molar-refractivity contribution >= 4 is 11.7 Å². The van der Waals surface area contributed by atoms with Crippen molar-refractivity contribution in [3.63, 3.8) is 0 Å². The molecule has 1 rings (SSSR count). The number of nitrogens with two attached hydrogens (primary N) is 1. The number of ether oxygens (including phenoxy) is 1. The van der Waals surface area contributed by atoms with E-state index in [1.54, 1.807) is 6.07 Å². The Balaban J connectivity index is 2.56. The summed E-state index contributed by atoms with van der Waals surface area (Å²) in [5.74, 6) is -0.733. The molecule has 0 amide bonds. The van der Waals surface area contributed by atoms with Gasteiger partial charge in [0.15, 0.2) is 5.75 Å². The Hall–Kier alpha value is -1.71. The first-order valence-electron chi connectivity index (χ1n) is 5.41. The summed E-state index contributed by atoms with van der Waals surface area (Å²) < 4.78 is 5.01. The van der Waals surface area contributed by atoms with Gasteiger partial charge in [0.25, 0.3) is 0 Å². The molecule has 0 saturated heterocycles. The highest BCUT2D eigenvalue weighted by atomic mass is 16.5. The van der Waals surface area contributed by atoms with Gasteiger partial charge in [0.2, 0.25) is 0 Å². The third kappa shape index (κ3) is 3.15. The molecule has 0 bridgehead atoms. The van der Waals surface area contributed by atoms with Gasteiger partial charge >= 0.3 is 5.97 Å². The molecule has 0 saturated carbocycles. The minimum atomic E-state index is -0.527. The number of unbranched alkanes of at least 4 members (excludes halogenated alkanes) is 2. The topological polar surface area (TPSA) is 72.5 Å². The summed E-state index contributed by atoms with van der Waals surface area (Å²) in [5, 5.41) is 9.54. The van der Waals surface area contributed by atoms with Crippen molar-refractivity contribution in [1.82, 2.24) is 0 Å².